The Labute approximate surface area is 136 Å². The molecule has 7 heteroatoms. The van der Waals surface area contributed by atoms with Crippen LogP contribution in [0.5, 0.6) is 0 Å². The summed E-state index contributed by atoms with van der Waals surface area (Å²) in [6.07, 6.45) is 1.28. The van der Waals surface area contributed by atoms with E-state index in [1.165, 1.54) is 36.4 Å². The molecule has 0 unspecified atom stereocenters. The lowest BCUT2D eigenvalue weighted by molar-refractivity contribution is -0.385. The third kappa shape index (κ3) is 2.79. The second-order valence-electron chi connectivity index (χ2n) is 5.06. The van der Waals surface area contributed by atoms with Crippen molar-refractivity contribution < 1.29 is 18.8 Å². The van der Waals surface area contributed by atoms with E-state index in [0.29, 0.717) is 11.1 Å². The zero-order chi connectivity index (χ0) is 17.3. The number of cyclic esters (lactones) is 1. The first kappa shape index (κ1) is 15.5. The van der Waals surface area contributed by atoms with E-state index in [1.54, 1.807) is 19.1 Å². The number of nitrogens with zero attached hydrogens (tertiary/aromatic N) is 2. The average Bonchev–Trinajstić information content (AvgIpc) is 2.90. The minimum atomic E-state index is -0.737. The summed E-state index contributed by atoms with van der Waals surface area (Å²) in [6, 6.07) is 10.3. The lowest BCUT2D eigenvalue weighted by Gasteiger charge is -2.04. The normalized spacial score (nSPS) is 15.3. The molecule has 0 aliphatic carbocycles. The SMILES string of the molecule is Cc1c(C2=NC(=Cc3ccccc3F)C(=O)O2)cccc1[N+](=O)[O-]. The fourth-order valence-corrected chi connectivity index (χ4v) is 2.32. The van der Waals surface area contributed by atoms with E-state index < -0.39 is 16.7 Å². The molecule has 0 spiro atoms. The highest BCUT2D eigenvalue weighted by Gasteiger charge is 2.27. The van der Waals surface area contributed by atoms with Gasteiger partial charge in [-0.25, -0.2) is 14.2 Å². The monoisotopic (exact) mass is 326 g/mol. The standard InChI is InChI=1S/C17H11FN2O4/c1-10-12(6-4-8-15(10)20(22)23)16-19-14(17(21)24-16)9-11-5-2-3-7-13(11)18/h2-9H,1H3. The Morgan fingerprint density at radius 1 is 1.21 bits per heavy atom. The van der Waals surface area contributed by atoms with Gasteiger partial charge in [-0.2, -0.15) is 0 Å². The van der Waals surface area contributed by atoms with Gasteiger partial charge in [-0.1, -0.05) is 24.3 Å². The smallest absolute Gasteiger partial charge is 0.363 e. The van der Waals surface area contributed by atoms with Gasteiger partial charge >= 0.3 is 5.97 Å². The minimum Gasteiger partial charge on any atom is -0.402 e. The van der Waals surface area contributed by atoms with Crippen molar-refractivity contribution in [1.82, 2.24) is 0 Å². The number of carbonyl (C=O) groups is 1. The van der Waals surface area contributed by atoms with Gasteiger partial charge in [-0.15, -0.1) is 0 Å². The number of rotatable bonds is 3. The molecule has 0 aromatic heterocycles. The highest BCUT2D eigenvalue weighted by molar-refractivity contribution is 6.13. The van der Waals surface area contributed by atoms with Gasteiger partial charge < -0.3 is 4.74 Å². The van der Waals surface area contributed by atoms with Crippen LogP contribution >= 0.6 is 0 Å². The molecule has 0 amide bonds. The van der Waals surface area contributed by atoms with Crippen molar-refractivity contribution in [2.24, 2.45) is 4.99 Å². The van der Waals surface area contributed by atoms with Gasteiger partial charge in [0.15, 0.2) is 5.70 Å². The summed E-state index contributed by atoms with van der Waals surface area (Å²) in [5, 5.41) is 11.0. The summed E-state index contributed by atoms with van der Waals surface area (Å²) in [4.78, 5) is 26.5. The molecule has 0 saturated carbocycles. The summed E-state index contributed by atoms with van der Waals surface area (Å²) in [5.41, 5.74) is 0.708. The summed E-state index contributed by atoms with van der Waals surface area (Å²) < 4.78 is 18.8. The fraction of sp³-hybridized carbons (Fsp3) is 0.0588. The highest BCUT2D eigenvalue weighted by Crippen LogP contribution is 2.26. The lowest BCUT2D eigenvalue weighted by Crippen LogP contribution is -2.08. The Bertz CT molecular complexity index is 919. The first-order valence-corrected chi connectivity index (χ1v) is 6.99. The van der Waals surface area contributed by atoms with Crippen LogP contribution in [-0.4, -0.2) is 16.8 Å². The quantitative estimate of drug-likeness (QED) is 0.375. The van der Waals surface area contributed by atoms with Crippen LogP contribution in [0.15, 0.2) is 53.2 Å². The molecule has 0 fully saturated rings. The molecule has 24 heavy (non-hydrogen) atoms. The van der Waals surface area contributed by atoms with Crippen molar-refractivity contribution in [2.75, 3.05) is 0 Å². The molecule has 1 aliphatic rings. The highest BCUT2D eigenvalue weighted by atomic mass is 19.1. The molecule has 0 saturated heterocycles. The van der Waals surface area contributed by atoms with E-state index in [-0.39, 0.29) is 22.8 Å². The summed E-state index contributed by atoms with van der Waals surface area (Å²) in [7, 11) is 0. The van der Waals surface area contributed by atoms with Crippen molar-refractivity contribution in [3.63, 3.8) is 0 Å². The first-order chi connectivity index (χ1) is 11.5. The number of hydrogen-bond acceptors (Lipinski definition) is 5. The van der Waals surface area contributed by atoms with Gasteiger partial charge in [0.05, 0.1) is 4.92 Å². The Kier molecular flexibility index (Phi) is 3.91. The number of esters is 1. The predicted octanol–water partition coefficient (Wildman–Crippen LogP) is 3.39. The minimum absolute atomic E-state index is 0.0382. The van der Waals surface area contributed by atoms with Crippen LogP contribution in [0.1, 0.15) is 16.7 Å². The third-order valence-electron chi connectivity index (χ3n) is 3.55. The Morgan fingerprint density at radius 3 is 2.67 bits per heavy atom. The molecule has 0 bridgehead atoms. The number of ether oxygens (including phenoxy) is 1. The Morgan fingerprint density at radius 2 is 1.96 bits per heavy atom. The largest absolute Gasteiger partial charge is 0.402 e. The zero-order valence-electron chi connectivity index (χ0n) is 12.5. The molecule has 3 rings (SSSR count). The first-order valence-electron chi connectivity index (χ1n) is 6.99. The molecular weight excluding hydrogens is 315 g/mol. The van der Waals surface area contributed by atoms with E-state index in [9.17, 15) is 19.3 Å². The van der Waals surface area contributed by atoms with Gasteiger partial charge in [-0.05, 0) is 25.1 Å². The average molecular weight is 326 g/mol. The molecule has 1 aliphatic heterocycles. The van der Waals surface area contributed by atoms with Gasteiger partial charge in [0, 0.05) is 22.8 Å². The summed E-state index contributed by atoms with van der Waals surface area (Å²) in [5.74, 6) is -1.27. The van der Waals surface area contributed by atoms with Gasteiger partial charge in [-0.3, -0.25) is 10.1 Å². The molecule has 0 N–H and O–H groups in total. The number of halogens is 1. The number of benzene rings is 2. The lowest BCUT2D eigenvalue weighted by atomic mass is 10.1. The third-order valence-corrected chi connectivity index (χ3v) is 3.55. The molecule has 2 aromatic rings. The number of aliphatic imine (C=N–C) groups is 1. The van der Waals surface area contributed by atoms with Gasteiger partial charge in [0.25, 0.3) is 5.69 Å². The zero-order valence-corrected chi connectivity index (χ0v) is 12.5. The summed E-state index contributed by atoms with van der Waals surface area (Å²) >= 11 is 0. The molecular formula is C17H11FN2O4. The number of carbonyl (C=O) groups excluding carboxylic acids is 1. The molecule has 6 nitrogen and oxygen atoms in total. The number of nitro benzene ring substituents is 1. The van der Waals surface area contributed by atoms with Crippen LogP contribution in [0.4, 0.5) is 10.1 Å². The topological polar surface area (TPSA) is 81.8 Å². The Balaban J connectivity index is 2.03. The molecule has 2 aromatic carbocycles. The van der Waals surface area contributed by atoms with Crippen molar-refractivity contribution in [3.05, 3.63) is 80.8 Å². The van der Waals surface area contributed by atoms with Crippen molar-refractivity contribution >= 4 is 23.6 Å². The van der Waals surface area contributed by atoms with Crippen LogP contribution in [0.3, 0.4) is 0 Å². The molecule has 0 radical (unpaired) electrons. The Hall–Kier alpha value is -3.35. The maximum Gasteiger partial charge on any atom is 0.363 e. The van der Waals surface area contributed by atoms with E-state index >= 15 is 0 Å². The van der Waals surface area contributed by atoms with Crippen LogP contribution < -0.4 is 0 Å². The molecule has 1 heterocycles. The fourth-order valence-electron chi connectivity index (χ4n) is 2.32. The van der Waals surface area contributed by atoms with Crippen molar-refractivity contribution in [1.29, 1.82) is 0 Å². The predicted molar refractivity (Wildman–Crippen MR) is 84.8 cm³/mol. The summed E-state index contributed by atoms with van der Waals surface area (Å²) in [6.45, 7) is 1.54. The van der Waals surface area contributed by atoms with Gasteiger partial charge in [0.2, 0.25) is 5.90 Å². The second kappa shape index (κ2) is 6.04. The van der Waals surface area contributed by atoms with Crippen LogP contribution in [0.2, 0.25) is 0 Å². The van der Waals surface area contributed by atoms with Crippen LogP contribution in [0, 0.1) is 22.9 Å². The number of hydrogen-bond donors (Lipinski definition) is 0. The van der Waals surface area contributed by atoms with Crippen molar-refractivity contribution in [2.45, 2.75) is 6.92 Å². The maximum absolute atomic E-state index is 13.7. The van der Waals surface area contributed by atoms with Crippen LogP contribution in [-0.2, 0) is 9.53 Å². The number of nitro groups is 1. The van der Waals surface area contributed by atoms with E-state index in [0.717, 1.165) is 0 Å². The van der Waals surface area contributed by atoms with Crippen LogP contribution in [0.25, 0.3) is 6.08 Å². The van der Waals surface area contributed by atoms with E-state index in [1.807, 2.05) is 0 Å². The second-order valence-corrected chi connectivity index (χ2v) is 5.06. The van der Waals surface area contributed by atoms with E-state index in [4.69, 9.17) is 4.74 Å². The molecule has 120 valence electrons. The van der Waals surface area contributed by atoms with Gasteiger partial charge in [0.1, 0.15) is 5.82 Å². The molecule has 0 atom stereocenters. The van der Waals surface area contributed by atoms with E-state index in [2.05, 4.69) is 4.99 Å². The maximum atomic E-state index is 13.7. The van der Waals surface area contributed by atoms with Crippen molar-refractivity contribution in [3.8, 4) is 0 Å².